The van der Waals surface area contributed by atoms with Gasteiger partial charge >= 0.3 is 11.9 Å². The Bertz CT molecular complexity index is 287. The van der Waals surface area contributed by atoms with Crippen LogP contribution in [0.1, 0.15) is 85.0 Å². The van der Waals surface area contributed by atoms with Crippen molar-refractivity contribution in [1.82, 2.24) is 0 Å². The Morgan fingerprint density at radius 2 is 1.32 bits per heavy atom. The molecule has 0 saturated heterocycles. The molecular formula is C18H34O4. The third kappa shape index (κ3) is 15.3. The monoisotopic (exact) mass is 314 g/mol. The zero-order valence-electron chi connectivity index (χ0n) is 14.7. The lowest BCUT2D eigenvalue weighted by Gasteiger charge is -2.07. The van der Waals surface area contributed by atoms with E-state index in [4.69, 9.17) is 9.47 Å². The fourth-order valence-corrected chi connectivity index (χ4v) is 1.98. The van der Waals surface area contributed by atoms with E-state index in [0.29, 0.717) is 32.0 Å². The molecule has 0 aromatic rings. The number of esters is 2. The Labute approximate surface area is 135 Å². The van der Waals surface area contributed by atoms with Crippen LogP contribution in [-0.4, -0.2) is 25.2 Å². The first kappa shape index (κ1) is 20.9. The van der Waals surface area contributed by atoms with Gasteiger partial charge in [0.15, 0.2) is 0 Å². The van der Waals surface area contributed by atoms with Crippen molar-refractivity contribution < 1.29 is 19.1 Å². The van der Waals surface area contributed by atoms with Crippen molar-refractivity contribution in [3.05, 3.63) is 0 Å². The number of hydrogen-bond acceptors (Lipinski definition) is 4. The van der Waals surface area contributed by atoms with E-state index < -0.39 is 0 Å². The first-order valence-electron chi connectivity index (χ1n) is 8.87. The predicted octanol–water partition coefficient (Wildman–Crippen LogP) is 4.65. The van der Waals surface area contributed by atoms with E-state index in [0.717, 1.165) is 38.5 Å². The Kier molecular flexibility index (Phi) is 14.1. The molecule has 0 bridgehead atoms. The van der Waals surface area contributed by atoms with E-state index in [1.807, 2.05) is 0 Å². The van der Waals surface area contributed by atoms with Gasteiger partial charge in [-0.2, -0.15) is 0 Å². The lowest BCUT2D eigenvalue weighted by Crippen LogP contribution is -2.08. The van der Waals surface area contributed by atoms with Crippen LogP contribution in [0.4, 0.5) is 0 Å². The molecule has 0 heterocycles. The molecule has 22 heavy (non-hydrogen) atoms. The summed E-state index contributed by atoms with van der Waals surface area (Å²) in [6.07, 6.45) is 8.72. The maximum atomic E-state index is 11.5. The lowest BCUT2D eigenvalue weighted by molar-refractivity contribution is -0.144. The van der Waals surface area contributed by atoms with Crippen molar-refractivity contribution in [3.63, 3.8) is 0 Å². The second-order valence-corrected chi connectivity index (χ2v) is 6.24. The van der Waals surface area contributed by atoms with Crippen LogP contribution in [0.15, 0.2) is 0 Å². The van der Waals surface area contributed by atoms with Gasteiger partial charge in [0.1, 0.15) is 0 Å². The van der Waals surface area contributed by atoms with Gasteiger partial charge in [0.05, 0.1) is 13.2 Å². The summed E-state index contributed by atoms with van der Waals surface area (Å²) in [5.74, 6) is 0.316. The normalized spacial score (nSPS) is 10.7. The van der Waals surface area contributed by atoms with Gasteiger partial charge in [-0.15, -0.1) is 0 Å². The summed E-state index contributed by atoms with van der Waals surface area (Å²) in [5.41, 5.74) is 0. The fraction of sp³-hybridized carbons (Fsp3) is 0.889. The summed E-state index contributed by atoms with van der Waals surface area (Å²) in [4.78, 5) is 22.9. The molecular weight excluding hydrogens is 280 g/mol. The maximum Gasteiger partial charge on any atom is 0.305 e. The van der Waals surface area contributed by atoms with Crippen LogP contribution in [-0.2, 0) is 19.1 Å². The molecule has 0 rings (SSSR count). The van der Waals surface area contributed by atoms with Crippen LogP contribution < -0.4 is 0 Å². The summed E-state index contributed by atoms with van der Waals surface area (Å²) in [5, 5.41) is 0. The minimum absolute atomic E-state index is 0.115. The molecule has 0 N–H and O–H groups in total. The highest BCUT2D eigenvalue weighted by atomic mass is 16.5. The van der Waals surface area contributed by atoms with Gasteiger partial charge in [-0.1, -0.05) is 46.5 Å². The Morgan fingerprint density at radius 3 is 1.86 bits per heavy atom. The molecule has 0 saturated carbocycles. The molecule has 4 heteroatoms. The highest BCUT2D eigenvalue weighted by molar-refractivity contribution is 5.69. The number of ether oxygens (including phenoxy) is 2. The zero-order valence-corrected chi connectivity index (χ0v) is 14.7. The van der Waals surface area contributed by atoms with Crippen LogP contribution in [0.2, 0.25) is 0 Å². The largest absolute Gasteiger partial charge is 0.466 e. The second kappa shape index (κ2) is 14.9. The van der Waals surface area contributed by atoms with Crippen LogP contribution in [0.25, 0.3) is 0 Å². The average molecular weight is 314 g/mol. The number of rotatable bonds is 14. The van der Waals surface area contributed by atoms with Gasteiger partial charge < -0.3 is 9.47 Å². The SMILES string of the molecule is CCCCCCOC(=O)CCCCCC(=O)OCCC(C)C. The van der Waals surface area contributed by atoms with Gasteiger partial charge in [0.2, 0.25) is 0 Å². The summed E-state index contributed by atoms with van der Waals surface area (Å²) in [7, 11) is 0. The highest BCUT2D eigenvalue weighted by Crippen LogP contribution is 2.07. The van der Waals surface area contributed by atoms with Crippen molar-refractivity contribution in [2.75, 3.05) is 13.2 Å². The molecule has 0 unspecified atom stereocenters. The molecule has 130 valence electrons. The van der Waals surface area contributed by atoms with Crippen LogP contribution in [0, 0.1) is 5.92 Å². The van der Waals surface area contributed by atoms with E-state index in [-0.39, 0.29) is 11.9 Å². The van der Waals surface area contributed by atoms with Crippen molar-refractivity contribution in [1.29, 1.82) is 0 Å². The van der Waals surface area contributed by atoms with E-state index in [9.17, 15) is 9.59 Å². The fourth-order valence-electron chi connectivity index (χ4n) is 1.98. The Morgan fingerprint density at radius 1 is 0.773 bits per heavy atom. The predicted molar refractivity (Wildman–Crippen MR) is 88.6 cm³/mol. The van der Waals surface area contributed by atoms with Gasteiger partial charge in [-0.05, 0) is 31.6 Å². The van der Waals surface area contributed by atoms with Crippen LogP contribution in [0.5, 0.6) is 0 Å². The highest BCUT2D eigenvalue weighted by Gasteiger charge is 2.05. The minimum Gasteiger partial charge on any atom is -0.466 e. The van der Waals surface area contributed by atoms with Crippen LogP contribution >= 0.6 is 0 Å². The molecule has 0 aromatic heterocycles. The zero-order chi connectivity index (χ0) is 16.6. The Balaban J connectivity index is 3.33. The molecule has 0 amide bonds. The molecule has 0 fully saturated rings. The van der Waals surface area contributed by atoms with E-state index in [2.05, 4.69) is 20.8 Å². The third-order valence-corrected chi connectivity index (χ3v) is 3.48. The van der Waals surface area contributed by atoms with E-state index in [1.54, 1.807) is 0 Å². The van der Waals surface area contributed by atoms with Gasteiger partial charge in [0.25, 0.3) is 0 Å². The molecule has 0 atom stereocenters. The summed E-state index contributed by atoms with van der Waals surface area (Å²) in [6.45, 7) is 7.43. The smallest absolute Gasteiger partial charge is 0.305 e. The van der Waals surface area contributed by atoms with Crippen LogP contribution in [0.3, 0.4) is 0 Å². The topological polar surface area (TPSA) is 52.6 Å². The second-order valence-electron chi connectivity index (χ2n) is 6.24. The van der Waals surface area contributed by atoms with Crippen molar-refractivity contribution in [2.24, 2.45) is 5.92 Å². The number of carbonyl (C=O) groups excluding carboxylic acids is 2. The van der Waals surface area contributed by atoms with Crippen molar-refractivity contribution in [2.45, 2.75) is 85.0 Å². The molecule has 0 spiro atoms. The number of unbranched alkanes of at least 4 members (excludes halogenated alkanes) is 5. The van der Waals surface area contributed by atoms with Gasteiger partial charge in [-0.3, -0.25) is 9.59 Å². The molecule has 0 aliphatic rings. The molecule has 0 aromatic carbocycles. The summed E-state index contributed by atoms with van der Waals surface area (Å²) in [6, 6.07) is 0. The summed E-state index contributed by atoms with van der Waals surface area (Å²) < 4.78 is 10.3. The average Bonchev–Trinajstić information content (AvgIpc) is 2.46. The van der Waals surface area contributed by atoms with Gasteiger partial charge in [-0.25, -0.2) is 0 Å². The van der Waals surface area contributed by atoms with Gasteiger partial charge in [0, 0.05) is 12.8 Å². The molecule has 0 aliphatic heterocycles. The molecule has 0 aliphatic carbocycles. The van der Waals surface area contributed by atoms with Crippen molar-refractivity contribution >= 4 is 11.9 Å². The van der Waals surface area contributed by atoms with E-state index >= 15 is 0 Å². The van der Waals surface area contributed by atoms with Crippen molar-refractivity contribution in [3.8, 4) is 0 Å². The standard InChI is InChI=1S/C18H34O4/c1-4-5-6-10-14-21-17(19)11-8-7-9-12-18(20)22-15-13-16(2)3/h16H,4-15H2,1-3H3. The maximum absolute atomic E-state index is 11.5. The minimum atomic E-state index is -0.126. The van der Waals surface area contributed by atoms with E-state index in [1.165, 1.54) is 12.8 Å². The quantitative estimate of drug-likeness (QED) is 0.346. The number of carbonyl (C=O) groups is 2. The summed E-state index contributed by atoms with van der Waals surface area (Å²) >= 11 is 0. The first-order valence-corrected chi connectivity index (χ1v) is 8.87. The number of hydrogen-bond donors (Lipinski definition) is 0. The molecule has 0 radical (unpaired) electrons. The Hall–Kier alpha value is -1.06. The third-order valence-electron chi connectivity index (χ3n) is 3.48. The molecule has 4 nitrogen and oxygen atoms in total. The first-order chi connectivity index (χ1) is 10.6. The lowest BCUT2D eigenvalue weighted by atomic mass is 10.1.